The lowest BCUT2D eigenvalue weighted by atomic mass is 9.72. The van der Waals surface area contributed by atoms with Crippen molar-refractivity contribution in [1.82, 2.24) is 14.9 Å². The first-order valence-electron chi connectivity index (χ1n) is 10.9. The number of benzene rings is 2. The first kappa shape index (κ1) is 22.5. The molecule has 0 saturated carbocycles. The molecule has 4 rings (SSSR count). The normalized spacial score (nSPS) is 26.0. The van der Waals surface area contributed by atoms with E-state index in [0.717, 1.165) is 36.7 Å². The van der Waals surface area contributed by atoms with E-state index in [-0.39, 0.29) is 22.6 Å². The predicted molar refractivity (Wildman–Crippen MR) is 124 cm³/mol. The molecule has 2 atom stereocenters. The largest absolute Gasteiger partial charge is 0.354 e. The second kappa shape index (κ2) is 8.35. The minimum atomic E-state index is -3.91. The number of halogens is 1. The number of carbonyl (C=O) groups excluding carboxylic acids is 1. The Bertz CT molecular complexity index is 1100. The number of nitrogens with zero attached hydrogens (tertiary/aromatic N) is 1. The van der Waals surface area contributed by atoms with Crippen LogP contribution in [0.5, 0.6) is 0 Å². The summed E-state index contributed by atoms with van der Waals surface area (Å²) in [6.45, 7) is 8.48. The fourth-order valence-electron chi connectivity index (χ4n) is 5.11. The molecule has 0 spiro atoms. The van der Waals surface area contributed by atoms with Gasteiger partial charge in [0.1, 0.15) is 5.54 Å². The Morgan fingerprint density at radius 2 is 1.77 bits per heavy atom. The molecule has 168 valence electrons. The van der Waals surface area contributed by atoms with Gasteiger partial charge in [0.15, 0.2) is 0 Å². The highest BCUT2D eigenvalue weighted by molar-refractivity contribution is 7.89. The summed E-state index contributed by atoms with van der Waals surface area (Å²) in [5.41, 5.74) is -1.13. The molecule has 6 nitrogen and oxygen atoms in total. The second-order valence-electron chi connectivity index (χ2n) is 9.14. The van der Waals surface area contributed by atoms with Crippen molar-refractivity contribution in [2.45, 2.75) is 50.1 Å². The maximum Gasteiger partial charge on any atom is 0.241 e. The lowest BCUT2D eigenvalue weighted by Crippen LogP contribution is -2.63. The average molecular weight is 464 g/mol. The second-order valence-corrected chi connectivity index (χ2v) is 11.3. The van der Waals surface area contributed by atoms with Gasteiger partial charge in [-0.1, -0.05) is 30.7 Å². The van der Waals surface area contributed by atoms with Gasteiger partial charge in [-0.25, -0.2) is 8.42 Å². The van der Waals surface area contributed by atoms with Crippen LogP contribution in [0, 0.1) is 11.8 Å². The number of hydrogen-bond donors (Lipinski definition) is 2. The van der Waals surface area contributed by atoms with Gasteiger partial charge in [-0.15, -0.1) is 0 Å². The van der Waals surface area contributed by atoms with E-state index < -0.39 is 15.6 Å². The molecule has 2 aliphatic rings. The topological polar surface area (TPSA) is 78.5 Å². The quantitative estimate of drug-likeness (QED) is 0.712. The van der Waals surface area contributed by atoms with Crippen LogP contribution in [-0.2, 0) is 14.8 Å². The van der Waals surface area contributed by atoms with Gasteiger partial charge in [-0.05, 0) is 80.7 Å². The van der Waals surface area contributed by atoms with Crippen molar-refractivity contribution < 1.29 is 13.2 Å². The number of sulfonamides is 1. The third kappa shape index (κ3) is 4.09. The van der Waals surface area contributed by atoms with Crippen molar-refractivity contribution in [3.05, 3.63) is 41.4 Å². The fraction of sp³-hybridized carbons (Fsp3) is 0.522. The fourth-order valence-corrected chi connectivity index (χ4v) is 6.84. The molecule has 0 bridgehead atoms. The summed E-state index contributed by atoms with van der Waals surface area (Å²) >= 11 is 6.05. The summed E-state index contributed by atoms with van der Waals surface area (Å²) in [7, 11) is -3.91. The number of fused-ring (bicyclic) bond motifs is 1. The van der Waals surface area contributed by atoms with Gasteiger partial charge in [0.2, 0.25) is 15.9 Å². The molecule has 0 radical (unpaired) electrons. The van der Waals surface area contributed by atoms with E-state index in [1.54, 1.807) is 36.4 Å². The minimum Gasteiger partial charge on any atom is -0.354 e. The van der Waals surface area contributed by atoms with Crippen LogP contribution in [0.4, 0.5) is 0 Å². The van der Waals surface area contributed by atoms with Crippen LogP contribution < -0.4 is 10.0 Å². The van der Waals surface area contributed by atoms with Gasteiger partial charge >= 0.3 is 0 Å². The lowest BCUT2D eigenvalue weighted by molar-refractivity contribution is -0.127. The number of hydrogen-bond acceptors (Lipinski definition) is 4. The van der Waals surface area contributed by atoms with Crippen molar-refractivity contribution >= 4 is 38.3 Å². The van der Waals surface area contributed by atoms with E-state index in [1.807, 2.05) is 6.92 Å². The number of rotatable bonds is 5. The van der Waals surface area contributed by atoms with Gasteiger partial charge < -0.3 is 10.2 Å². The van der Waals surface area contributed by atoms with Crippen LogP contribution in [0.2, 0.25) is 5.02 Å². The van der Waals surface area contributed by atoms with Crippen LogP contribution in [0.25, 0.3) is 10.8 Å². The van der Waals surface area contributed by atoms with Gasteiger partial charge in [0, 0.05) is 23.5 Å². The number of amides is 1. The molecule has 0 aliphatic carbocycles. The standard InChI is InChI=1S/C23H30ClN3O3S/c1-15(2)27-10-8-19(9-11-27)23(16(3)14-25-22(23)28)26-31(29,30)21-7-5-17-12-20(24)6-4-18(17)13-21/h4-7,12-13,15-16,19,26H,8-11,14H2,1-3H3,(H,25,28)/t16-,23+/m0/s1. The zero-order valence-electron chi connectivity index (χ0n) is 18.2. The Morgan fingerprint density at radius 1 is 1.13 bits per heavy atom. The molecule has 31 heavy (non-hydrogen) atoms. The van der Waals surface area contributed by atoms with E-state index in [0.29, 0.717) is 17.6 Å². The molecule has 0 unspecified atom stereocenters. The lowest BCUT2D eigenvalue weighted by Gasteiger charge is -2.44. The van der Waals surface area contributed by atoms with Crippen molar-refractivity contribution in [3.8, 4) is 0 Å². The van der Waals surface area contributed by atoms with E-state index >= 15 is 0 Å². The van der Waals surface area contributed by atoms with Crippen LogP contribution >= 0.6 is 11.6 Å². The molecule has 2 saturated heterocycles. The van der Waals surface area contributed by atoms with Crippen molar-refractivity contribution in [1.29, 1.82) is 0 Å². The Balaban J connectivity index is 1.67. The van der Waals surface area contributed by atoms with Gasteiger partial charge in [0.05, 0.1) is 4.90 Å². The third-order valence-electron chi connectivity index (χ3n) is 7.01. The zero-order chi connectivity index (χ0) is 22.4. The smallest absolute Gasteiger partial charge is 0.241 e. The summed E-state index contributed by atoms with van der Waals surface area (Å²) in [6.07, 6.45) is 1.57. The monoisotopic (exact) mass is 463 g/mol. The zero-order valence-corrected chi connectivity index (χ0v) is 19.8. The summed E-state index contributed by atoms with van der Waals surface area (Å²) < 4.78 is 29.9. The first-order valence-corrected chi connectivity index (χ1v) is 12.8. The van der Waals surface area contributed by atoms with Crippen molar-refractivity contribution in [3.63, 3.8) is 0 Å². The number of carbonyl (C=O) groups is 1. The van der Waals surface area contributed by atoms with Crippen LogP contribution in [0.1, 0.15) is 33.6 Å². The average Bonchev–Trinajstić information content (AvgIpc) is 3.02. The molecule has 2 aromatic rings. The summed E-state index contributed by atoms with van der Waals surface area (Å²) in [6, 6.07) is 10.8. The van der Waals surface area contributed by atoms with Gasteiger partial charge in [-0.2, -0.15) is 4.72 Å². The maximum atomic E-state index is 13.5. The van der Waals surface area contributed by atoms with Crippen LogP contribution in [0.3, 0.4) is 0 Å². The summed E-state index contributed by atoms with van der Waals surface area (Å²) in [4.78, 5) is 15.7. The molecule has 2 aromatic carbocycles. The minimum absolute atomic E-state index is 0.0472. The molecular formula is C23H30ClN3O3S. The van der Waals surface area contributed by atoms with Gasteiger partial charge in [0.25, 0.3) is 0 Å². The van der Waals surface area contributed by atoms with Crippen LogP contribution in [0.15, 0.2) is 41.3 Å². The molecule has 0 aromatic heterocycles. The highest BCUT2D eigenvalue weighted by atomic mass is 35.5. The van der Waals surface area contributed by atoms with E-state index in [2.05, 4.69) is 28.8 Å². The Morgan fingerprint density at radius 3 is 2.39 bits per heavy atom. The van der Waals surface area contributed by atoms with E-state index in [9.17, 15) is 13.2 Å². The van der Waals surface area contributed by atoms with E-state index in [1.165, 1.54) is 0 Å². The Hall–Kier alpha value is -1.67. The third-order valence-corrected chi connectivity index (χ3v) is 8.73. The van der Waals surface area contributed by atoms with Gasteiger partial charge in [-0.3, -0.25) is 4.79 Å². The number of piperidine rings is 1. The predicted octanol–water partition coefficient (Wildman–Crippen LogP) is 3.40. The molecule has 1 amide bonds. The Kier molecular flexibility index (Phi) is 6.07. The first-order chi connectivity index (χ1) is 14.6. The van der Waals surface area contributed by atoms with Crippen molar-refractivity contribution in [2.75, 3.05) is 19.6 Å². The maximum absolute atomic E-state index is 13.5. The number of nitrogens with one attached hydrogen (secondary N) is 2. The summed E-state index contributed by atoms with van der Waals surface area (Å²) in [5, 5.41) is 5.17. The SMILES string of the molecule is CC(C)N1CCC([C@@]2(NS(=O)(=O)c3ccc4cc(Cl)ccc4c3)C(=O)NC[C@@H]2C)CC1. The highest BCUT2D eigenvalue weighted by Crippen LogP contribution is 2.39. The van der Waals surface area contributed by atoms with Crippen molar-refractivity contribution in [2.24, 2.45) is 11.8 Å². The summed E-state index contributed by atoms with van der Waals surface area (Å²) in [5.74, 6) is -0.391. The molecule has 2 aliphatic heterocycles. The van der Waals surface area contributed by atoms with E-state index in [4.69, 9.17) is 11.6 Å². The molecule has 2 heterocycles. The Labute approximate surface area is 189 Å². The van der Waals surface area contributed by atoms with Crippen LogP contribution in [-0.4, -0.2) is 50.4 Å². The molecule has 2 N–H and O–H groups in total. The molecule has 8 heteroatoms. The molecular weight excluding hydrogens is 434 g/mol. The highest BCUT2D eigenvalue weighted by Gasteiger charge is 2.56. The molecule has 2 fully saturated rings. The number of likely N-dealkylation sites (tertiary alicyclic amines) is 1.